The summed E-state index contributed by atoms with van der Waals surface area (Å²) in [6.45, 7) is 17.9. The van der Waals surface area contributed by atoms with Crippen LogP contribution in [-0.4, -0.2) is 75.0 Å². The lowest BCUT2D eigenvalue weighted by Crippen LogP contribution is -2.24. The Morgan fingerprint density at radius 3 is 1.26 bits per heavy atom. The molecular formula is C49H68ClN11O5. The Morgan fingerprint density at radius 2 is 0.939 bits per heavy atom. The third kappa shape index (κ3) is 18.9. The van der Waals surface area contributed by atoms with Crippen molar-refractivity contribution in [3.05, 3.63) is 170 Å². The average molecular weight is 927 g/mol. The second kappa shape index (κ2) is 31.6. The maximum atomic E-state index is 13.1. The Balaban J connectivity index is 0.000000919. The second-order valence-corrected chi connectivity index (χ2v) is 13.7. The third-order valence-corrected chi connectivity index (χ3v) is 9.67. The lowest BCUT2D eigenvalue weighted by atomic mass is 9.90. The molecule has 0 fully saturated rings. The summed E-state index contributed by atoms with van der Waals surface area (Å²) >= 11 is 5.38. The summed E-state index contributed by atoms with van der Waals surface area (Å²) < 4.78 is 0. The van der Waals surface area contributed by atoms with E-state index in [-0.39, 0.29) is 50.6 Å². The molecule has 356 valence electrons. The lowest BCUT2D eigenvalue weighted by molar-refractivity contribution is -0.385. The molecule has 0 aliphatic heterocycles. The predicted octanol–water partition coefficient (Wildman–Crippen LogP) is 11.6. The van der Waals surface area contributed by atoms with Crippen molar-refractivity contribution >= 4 is 57.7 Å². The van der Waals surface area contributed by atoms with Crippen LogP contribution in [0.25, 0.3) is 0 Å². The van der Waals surface area contributed by atoms with Crippen LogP contribution >= 0.6 is 11.6 Å². The number of nitro groups is 2. The highest BCUT2D eigenvalue weighted by Crippen LogP contribution is 2.27. The van der Waals surface area contributed by atoms with Crippen molar-refractivity contribution in [2.75, 3.05) is 65.0 Å². The molecule has 17 heteroatoms. The van der Waals surface area contributed by atoms with E-state index in [1.165, 1.54) is 24.4 Å². The molecule has 0 atom stereocenters. The first kappa shape index (κ1) is 58.8. The van der Waals surface area contributed by atoms with Crippen LogP contribution in [0.2, 0.25) is 5.15 Å². The van der Waals surface area contributed by atoms with Crippen molar-refractivity contribution in [1.82, 2.24) is 19.9 Å². The number of anilines is 5. The van der Waals surface area contributed by atoms with Crippen LogP contribution in [0.15, 0.2) is 134 Å². The van der Waals surface area contributed by atoms with Gasteiger partial charge in [-0.3, -0.25) is 25.0 Å². The van der Waals surface area contributed by atoms with Crippen LogP contribution in [0.5, 0.6) is 0 Å². The van der Waals surface area contributed by atoms with Crippen molar-refractivity contribution in [2.45, 2.75) is 69.7 Å². The number of benzene rings is 2. The maximum absolute atomic E-state index is 13.1. The first-order chi connectivity index (χ1) is 30.4. The molecule has 0 aliphatic rings. The van der Waals surface area contributed by atoms with E-state index in [9.17, 15) is 25.0 Å². The highest BCUT2D eigenvalue weighted by atomic mass is 35.5. The summed E-state index contributed by atoms with van der Waals surface area (Å²) in [5.74, 6) is 2.26. The van der Waals surface area contributed by atoms with Crippen molar-refractivity contribution in [3.63, 3.8) is 0 Å². The molecule has 6 aromatic rings. The Bertz CT molecular complexity index is 2190. The van der Waals surface area contributed by atoms with Gasteiger partial charge in [-0.05, 0) is 89.1 Å². The van der Waals surface area contributed by atoms with Gasteiger partial charge in [-0.25, -0.2) is 19.9 Å². The van der Waals surface area contributed by atoms with Gasteiger partial charge in [-0.2, -0.15) is 0 Å². The Hall–Kier alpha value is -7.20. The van der Waals surface area contributed by atoms with Gasteiger partial charge in [-0.1, -0.05) is 94.5 Å². The van der Waals surface area contributed by atoms with Crippen LogP contribution < -0.4 is 25.8 Å². The molecule has 0 spiro atoms. The molecular weight excluding hydrogens is 858 g/mol. The van der Waals surface area contributed by atoms with E-state index in [0.29, 0.717) is 11.4 Å². The van der Waals surface area contributed by atoms with Gasteiger partial charge < -0.3 is 25.8 Å². The van der Waals surface area contributed by atoms with E-state index in [0.717, 1.165) is 74.0 Å². The number of halogens is 1. The summed E-state index contributed by atoms with van der Waals surface area (Å²) in [6.07, 6.45) is 5.81. The number of rotatable bonds is 15. The predicted molar refractivity (Wildman–Crippen MR) is 274 cm³/mol. The first-order valence-corrected chi connectivity index (χ1v) is 21.0. The van der Waals surface area contributed by atoms with Crippen LogP contribution in [0, 0.1) is 20.2 Å². The normalized spacial score (nSPS) is 9.64. The number of hydrogen-bond donors (Lipinski definition) is 2. The third-order valence-electron chi connectivity index (χ3n) is 9.44. The topological polar surface area (TPSA) is 203 Å². The monoisotopic (exact) mass is 926 g/mol. The van der Waals surface area contributed by atoms with E-state index in [2.05, 4.69) is 62.7 Å². The van der Waals surface area contributed by atoms with E-state index in [1.54, 1.807) is 18.5 Å². The Morgan fingerprint density at radius 1 is 0.561 bits per heavy atom. The van der Waals surface area contributed by atoms with E-state index in [1.807, 2.05) is 104 Å². The highest BCUT2D eigenvalue weighted by Gasteiger charge is 2.23. The van der Waals surface area contributed by atoms with Gasteiger partial charge in [0.25, 0.3) is 11.4 Å². The number of pyridine rings is 4. The molecule has 0 radical (unpaired) electrons. The molecule has 6 rings (SSSR count). The van der Waals surface area contributed by atoms with Gasteiger partial charge >= 0.3 is 0 Å². The first-order valence-electron chi connectivity index (χ1n) is 20.6. The quantitative estimate of drug-likeness (QED) is 0.0560. The molecule has 0 saturated heterocycles. The van der Waals surface area contributed by atoms with Crippen molar-refractivity contribution in [2.24, 2.45) is 0 Å². The summed E-state index contributed by atoms with van der Waals surface area (Å²) in [5, 5.41) is 23.7. The molecule has 16 nitrogen and oxygen atoms in total. The molecule has 0 saturated carbocycles. The van der Waals surface area contributed by atoms with Crippen LogP contribution in [0.1, 0.15) is 80.9 Å². The molecule has 1 amide bonds. The largest absolute Gasteiger partial charge is 0.397 e. The molecule has 4 heterocycles. The zero-order valence-corrected chi connectivity index (χ0v) is 37.3. The summed E-state index contributed by atoms with van der Waals surface area (Å²) in [7, 11) is 0. The number of hydrogen-bond acceptors (Lipinski definition) is 13. The zero-order valence-electron chi connectivity index (χ0n) is 36.5. The number of nitrogens with two attached hydrogens (primary N) is 1. The van der Waals surface area contributed by atoms with Crippen molar-refractivity contribution in [1.29, 1.82) is 0 Å². The minimum Gasteiger partial charge on any atom is -0.397 e. The minimum atomic E-state index is -0.524. The number of carbonyl (C=O) groups is 1. The molecule has 3 N–H and O–H groups in total. The Labute approximate surface area is 396 Å². The van der Waals surface area contributed by atoms with Gasteiger partial charge in [0.2, 0.25) is 5.91 Å². The molecule has 0 bridgehead atoms. The van der Waals surface area contributed by atoms with Gasteiger partial charge in [0.15, 0.2) is 0 Å². The smallest absolute Gasteiger partial charge is 0.287 e. The van der Waals surface area contributed by atoms with E-state index >= 15 is 0 Å². The zero-order chi connectivity index (χ0) is 46.1. The molecule has 2 aromatic carbocycles. The number of carbonyl (C=O) groups excluding carboxylic acids is 1. The fourth-order valence-electron chi connectivity index (χ4n) is 6.02. The summed E-state index contributed by atoms with van der Waals surface area (Å²) in [4.78, 5) is 55.2. The SMILES string of the molecule is C.C.C.CCN(CC)c1ccc(N)cn1.CCN(CC)c1ccc(NC(=O)C(c2ccccc2)c2ccccc2)cn1.CCN(CC)c1ccc([N+](=O)[O-])cn1.O=[N+]([O-])c1ccc(Cl)nc1. The van der Waals surface area contributed by atoms with Gasteiger partial charge in [0.1, 0.15) is 35.0 Å². The van der Waals surface area contributed by atoms with Crippen LogP contribution in [0.4, 0.5) is 40.2 Å². The molecule has 0 aliphatic carbocycles. The second-order valence-electron chi connectivity index (χ2n) is 13.3. The Kier molecular flexibility index (Phi) is 28.2. The fourth-order valence-corrected chi connectivity index (χ4v) is 6.14. The summed E-state index contributed by atoms with van der Waals surface area (Å²) in [5.41, 5.74) is 8.85. The number of aromatic nitrogens is 4. The lowest BCUT2D eigenvalue weighted by Gasteiger charge is -2.20. The van der Waals surface area contributed by atoms with E-state index in [4.69, 9.17) is 17.3 Å². The standard InChI is InChI=1S/C23H25N3O.C9H13N3O2.C9H15N3.C5H3ClN2O2.3CH4/c1-3-26(4-2)21-16-15-20(17-24-21)25-23(27)22(18-11-7-5-8-12-18)19-13-9-6-10-14-19;1-3-11(4-2)9-6-5-8(7-10-9)12(13)14;1-3-12(4-2)9-6-5-8(10)7-11-9;6-5-2-1-4(3-7-5)8(9)10;;;/h5-17,22H,3-4H2,1-2H3,(H,25,27);5-7H,3-4H2,1-2H3;5-7H,3-4,10H2,1-2H3;1-3H;3*1H4. The van der Waals surface area contributed by atoms with Crippen LogP contribution in [0.3, 0.4) is 0 Å². The summed E-state index contributed by atoms with van der Waals surface area (Å²) in [6, 6.07) is 33.2. The number of nitrogen functional groups attached to an aromatic ring is 1. The van der Waals surface area contributed by atoms with Crippen molar-refractivity contribution in [3.8, 4) is 0 Å². The molecule has 4 aromatic heterocycles. The number of nitrogens with zero attached hydrogens (tertiary/aromatic N) is 9. The molecule has 66 heavy (non-hydrogen) atoms. The minimum absolute atomic E-state index is 0. The highest BCUT2D eigenvalue weighted by molar-refractivity contribution is 6.29. The van der Waals surface area contributed by atoms with Gasteiger partial charge in [0.05, 0.1) is 39.5 Å². The number of amides is 1. The van der Waals surface area contributed by atoms with Crippen LogP contribution in [-0.2, 0) is 4.79 Å². The fraction of sp³-hybridized carbons (Fsp3) is 0.327. The van der Waals surface area contributed by atoms with Gasteiger partial charge in [-0.15, -0.1) is 0 Å². The average Bonchev–Trinajstić information content (AvgIpc) is 3.30. The van der Waals surface area contributed by atoms with Crippen molar-refractivity contribution < 1.29 is 14.6 Å². The molecule has 0 unspecified atom stereocenters. The number of nitrogens with one attached hydrogen (secondary N) is 1. The maximum Gasteiger partial charge on any atom is 0.287 e. The van der Waals surface area contributed by atoms with Gasteiger partial charge in [0, 0.05) is 51.4 Å². The van der Waals surface area contributed by atoms with E-state index < -0.39 is 9.85 Å².